The summed E-state index contributed by atoms with van der Waals surface area (Å²) in [5, 5.41) is 0. The van der Waals surface area contributed by atoms with Crippen LogP contribution in [0, 0.1) is 0 Å². The number of hydrogen-bond donors (Lipinski definition) is 1. The molecule has 0 atom stereocenters. The zero-order valence-corrected chi connectivity index (χ0v) is 19.5. The molecule has 7 nitrogen and oxygen atoms in total. The molecule has 0 saturated heterocycles. The second kappa shape index (κ2) is 8.60. The van der Waals surface area contributed by atoms with Crippen LogP contribution in [0.2, 0.25) is 0 Å². The molecule has 1 N–H and O–H groups in total. The standard InChI is InChI=1S/C16H22O7S.K/c1-15(2,3)22-13(17)10-7-8-11(12(9-10)24(19,20)21)14(18)23-16(4,5)6;/h7-9H,1-6H3,(H,19,20,21);. The Morgan fingerprint density at radius 1 is 0.920 bits per heavy atom. The number of ether oxygens (including phenoxy) is 2. The number of hydrogen-bond acceptors (Lipinski definition) is 6. The van der Waals surface area contributed by atoms with Gasteiger partial charge in [-0.15, -0.1) is 0 Å². The third-order valence-electron chi connectivity index (χ3n) is 2.51. The smallest absolute Gasteiger partial charge is 0.340 e. The molecule has 0 heterocycles. The van der Waals surface area contributed by atoms with Crippen LogP contribution in [0.1, 0.15) is 62.3 Å². The predicted molar refractivity (Wildman–Crippen MR) is 92.3 cm³/mol. The van der Waals surface area contributed by atoms with Gasteiger partial charge in [-0.1, -0.05) is 0 Å². The summed E-state index contributed by atoms with van der Waals surface area (Å²) in [6, 6.07) is 3.24. The van der Waals surface area contributed by atoms with Gasteiger partial charge in [0.1, 0.15) is 16.1 Å². The summed E-state index contributed by atoms with van der Waals surface area (Å²) < 4.78 is 42.8. The molecule has 0 aliphatic rings. The van der Waals surface area contributed by atoms with Crippen LogP contribution < -0.4 is 0 Å². The second-order valence-corrected chi connectivity index (χ2v) is 8.58. The minimum Gasteiger partial charge on any atom is -0.456 e. The van der Waals surface area contributed by atoms with Gasteiger partial charge in [0.05, 0.1) is 11.1 Å². The summed E-state index contributed by atoms with van der Waals surface area (Å²) in [4.78, 5) is 23.5. The topological polar surface area (TPSA) is 107 Å². The molecule has 0 spiro atoms. The molecule has 0 unspecified atom stereocenters. The Labute approximate surface area is 190 Å². The Morgan fingerprint density at radius 3 is 1.76 bits per heavy atom. The van der Waals surface area contributed by atoms with Gasteiger partial charge in [-0.2, -0.15) is 8.42 Å². The summed E-state index contributed by atoms with van der Waals surface area (Å²) in [5.41, 5.74) is -2.10. The molecule has 1 rings (SSSR count). The Morgan fingerprint density at radius 2 is 1.36 bits per heavy atom. The second-order valence-electron chi connectivity index (χ2n) is 7.19. The third-order valence-corrected chi connectivity index (χ3v) is 3.41. The molecule has 1 radical (unpaired) electrons. The first-order valence-corrected chi connectivity index (χ1v) is 8.62. The quantitative estimate of drug-likeness (QED) is 0.474. The average molecular weight is 398 g/mol. The molecule has 0 aliphatic heterocycles. The first-order valence-electron chi connectivity index (χ1n) is 7.18. The van der Waals surface area contributed by atoms with Crippen molar-refractivity contribution in [2.45, 2.75) is 57.6 Å². The van der Waals surface area contributed by atoms with Gasteiger partial charge in [-0.25, -0.2) is 9.59 Å². The molecule has 1 aromatic rings. The molecule has 1 aromatic carbocycles. The van der Waals surface area contributed by atoms with Gasteiger partial charge in [-0.05, 0) is 59.7 Å². The fraction of sp³-hybridized carbons (Fsp3) is 0.500. The summed E-state index contributed by atoms with van der Waals surface area (Å²) >= 11 is 0. The maximum atomic E-state index is 12.1. The fourth-order valence-electron chi connectivity index (χ4n) is 1.70. The first kappa shape index (κ1) is 24.7. The van der Waals surface area contributed by atoms with Gasteiger partial charge >= 0.3 is 11.9 Å². The van der Waals surface area contributed by atoms with Gasteiger partial charge in [0.2, 0.25) is 0 Å². The van der Waals surface area contributed by atoms with Crippen molar-refractivity contribution in [1.29, 1.82) is 0 Å². The van der Waals surface area contributed by atoms with E-state index in [0.717, 1.165) is 12.1 Å². The summed E-state index contributed by atoms with van der Waals surface area (Å²) in [6.45, 7) is 9.82. The van der Waals surface area contributed by atoms with Gasteiger partial charge in [0.25, 0.3) is 10.1 Å². The minimum absolute atomic E-state index is 0. The Balaban J connectivity index is 0.00000576. The Hall–Kier alpha value is -0.294. The average Bonchev–Trinajstić information content (AvgIpc) is 2.32. The van der Waals surface area contributed by atoms with E-state index >= 15 is 0 Å². The van der Waals surface area contributed by atoms with Crippen LogP contribution in [0.25, 0.3) is 0 Å². The summed E-state index contributed by atoms with van der Waals surface area (Å²) in [7, 11) is -4.74. The van der Waals surface area contributed by atoms with Gasteiger partial charge in [0.15, 0.2) is 0 Å². The van der Waals surface area contributed by atoms with Gasteiger partial charge in [-0.3, -0.25) is 4.55 Å². The molecular weight excluding hydrogens is 375 g/mol. The van der Waals surface area contributed by atoms with E-state index in [2.05, 4.69) is 0 Å². The molecule has 0 bridgehead atoms. The van der Waals surface area contributed by atoms with E-state index < -0.39 is 38.2 Å². The van der Waals surface area contributed by atoms with Crippen LogP contribution in [0.15, 0.2) is 23.1 Å². The van der Waals surface area contributed by atoms with Gasteiger partial charge < -0.3 is 9.47 Å². The Kier molecular flexibility index (Phi) is 8.50. The Bertz CT molecular complexity index is 756. The van der Waals surface area contributed by atoms with Crippen molar-refractivity contribution in [3.05, 3.63) is 29.3 Å². The van der Waals surface area contributed by atoms with Crippen molar-refractivity contribution in [3.8, 4) is 0 Å². The first-order chi connectivity index (χ1) is 10.6. The molecular formula is C16H22KO7S. The van der Waals surface area contributed by atoms with Crippen LogP contribution in [0.5, 0.6) is 0 Å². The fourth-order valence-corrected chi connectivity index (χ4v) is 2.41. The van der Waals surface area contributed by atoms with Crippen LogP contribution in [0.3, 0.4) is 0 Å². The molecule has 25 heavy (non-hydrogen) atoms. The zero-order chi connectivity index (χ0) is 18.9. The number of rotatable bonds is 3. The maximum Gasteiger partial charge on any atom is 0.340 e. The van der Waals surface area contributed by atoms with E-state index in [0.29, 0.717) is 0 Å². The number of esters is 2. The molecule has 0 fully saturated rings. The van der Waals surface area contributed by atoms with Crippen molar-refractivity contribution >= 4 is 73.4 Å². The van der Waals surface area contributed by atoms with Crippen LogP contribution >= 0.6 is 0 Å². The van der Waals surface area contributed by atoms with E-state index in [1.165, 1.54) is 6.07 Å². The van der Waals surface area contributed by atoms with E-state index in [1.54, 1.807) is 41.5 Å². The van der Waals surface area contributed by atoms with Crippen molar-refractivity contribution in [3.63, 3.8) is 0 Å². The van der Waals surface area contributed by atoms with E-state index in [4.69, 9.17) is 9.47 Å². The SMILES string of the molecule is CC(C)(C)OC(=O)c1ccc(C(=O)OC(C)(C)C)c(S(=O)(=O)O)c1.[K]. The van der Waals surface area contributed by atoms with Crippen molar-refractivity contribution in [1.82, 2.24) is 0 Å². The third kappa shape index (κ3) is 8.29. The predicted octanol–water partition coefficient (Wildman–Crippen LogP) is 2.46. The van der Waals surface area contributed by atoms with Crippen molar-refractivity contribution in [2.75, 3.05) is 0 Å². The molecule has 0 aliphatic carbocycles. The summed E-state index contributed by atoms with van der Waals surface area (Å²) in [5.74, 6) is -1.70. The molecule has 9 heteroatoms. The van der Waals surface area contributed by atoms with E-state index in [1.807, 2.05) is 0 Å². The minimum atomic E-state index is -4.74. The number of carbonyl (C=O) groups is 2. The van der Waals surface area contributed by atoms with E-state index in [-0.39, 0.29) is 62.5 Å². The molecule has 135 valence electrons. The number of carbonyl (C=O) groups excluding carboxylic acids is 2. The van der Waals surface area contributed by atoms with Gasteiger partial charge in [0, 0.05) is 51.4 Å². The van der Waals surface area contributed by atoms with E-state index in [9.17, 15) is 22.6 Å². The molecule has 0 aromatic heterocycles. The number of benzene rings is 1. The summed E-state index contributed by atoms with van der Waals surface area (Å²) in [6.07, 6.45) is 0. The normalized spacial score (nSPS) is 12.1. The maximum absolute atomic E-state index is 12.1. The molecule has 0 saturated carbocycles. The van der Waals surface area contributed by atoms with Crippen LogP contribution in [0.4, 0.5) is 0 Å². The van der Waals surface area contributed by atoms with Crippen molar-refractivity contribution < 1.29 is 32.0 Å². The largest absolute Gasteiger partial charge is 0.456 e. The zero-order valence-electron chi connectivity index (χ0n) is 15.5. The monoisotopic (exact) mass is 397 g/mol. The van der Waals surface area contributed by atoms with Crippen LogP contribution in [-0.2, 0) is 19.6 Å². The van der Waals surface area contributed by atoms with Crippen LogP contribution in [-0.4, -0.2) is 87.5 Å². The van der Waals surface area contributed by atoms with Crippen molar-refractivity contribution in [2.24, 2.45) is 0 Å². The molecule has 0 amide bonds.